The van der Waals surface area contributed by atoms with Crippen molar-refractivity contribution in [2.45, 2.75) is 19.0 Å². The van der Waals surface area contributed by atoms with Gasteiger partial charge in [-0.3, -0.25) is 9.78 Å². The molecule has 0 atom stereocenters. The molecule has 7 nitrogen and oxygen atoms in total. The fraction of sp³-hybridized carbons (Fsp3) is 0.217. The quantitative estimate of drug-likeness (QED) is 0.320. The lowest BCUT2D eigenvalue weighted by atomic mass is 10.2. The summed E-state index contributed by atoms with van der Waals surface area (Å²) in [4.78, 5) is 17.1. The van der Waals surface area contributed by atoms with Gasteiger partial charge in [-0.25, -0.2) is 0 Å². The van der Waals surface area contributed by atoms with Crippen molar-refractivity contribution < 1.29 is 9.53 Å². The van der Waals surface area contributed by atoms with E-state index in [1.807, 2.05) is 67.9 Å². The van der Waals surface area contributed by atoms with Gasteiger partial charge < -0.3 is 13.9 Å². The van der Waals surface area contributed by atoms with Crippen molar-refractivity contribution >= 4 is 17.5 Å². The smallest absolute Gasteiger partial charge is 0.191 e. The van der Waals surface area contributed by atoms with Crippen LogP contribution < -0.4 is 4.74 Å². The van der Waals surface area contributed by atoms with Crippen molar-refractivity contribution in [3.05, 3.63) is 71.8 Å². The monoisotopic (exact) mass is 433 g/mol. The zero-order valence-electron chi connectivity index (χ0n) is 17.9. The van der Waals surface area contributed by atoms with E-state index < -0.39 is 0 Å². The predicted molar refractivity (Wildman–Crippen MR) is 121 cm³/mol. The number of carbonyl (C=O) groups is 1. The van der Waals surface area contributed by atoms with E-state index in [9.17, 15) is 4.79 Å². The normalized spacial score (nSPS) is 11.0. The Morgan fingerprint density at radius 1 is 1.10 bits per heavy atom. The Labute approximate surface area is 185 Å². The number of rotatable bonds is 7. The Bertz CT molecular complexity index is 1230. The second-order valence-electron chi connectivity index (χ2n) is 7.13. The Balaban J connectivity index is 1.53. The van der Waals surface area contributed by atoms with Crippen molar-refractivity contribution in [2.75, 3.05) is 12.9 Å². The first-order valence-electron chi connectivity index (χ1n) is 9.78. The number of nitrogens with zero attached hydrogens (tertiary/aromatic N) is 5. The van der Waals surface area contributed by atoms with Gasteiger partial charge in [-0.05, 0) is 44.2 Å². The summed E-state index contributed by atoms with van der Waals surface area (Å²) in [5, 5.41) is 9.22. The van der Waals surface area contributed by atoms with Crippen molar-refractivity contribution in [1.29, 1.82) is 0 Å². The maximum absolute atomic E-state index is 13.0. The Morgan fingerprint density at radius 3 is 2.61 bits per heavy atom. The van der Waals surface area contributed by atoms with E-state index in [-0.39, 0.29) is 11.5 Å². The largest absolute Gasteiger partial charge is 0.497 e. The van der Waals surface area contributed by atoms with Crippen LogP contribution in [0.5, 0.6) is 5.75 Å². The maximum Gasteiger partial charge on any atom is 0.191 e. The first-order chi connectivity index (χ1) is 15.0. The third kappa shape index (κ3) is 4.11. The molecule has 3 aromatic heterocycles. The third-order valence-corrected chi connectivity index (χ3v) is 6.17. The van der Waals surface area contributed by atoms with Gasteiger partial charge >= 0.3 is 0 Å². The summed E-state index contributed by atoms with van der Waals surface area (Å²) in [6, 6.07) is 13.5. The highest BCUT2D eigenvalue weighted by Gasteiger charge is 2.19. The molecule has 0 fully saturated rings. The van der Waals surface area contributed by atoms with Crippen LogP contribution in [0.15, 0.2) is 60.0 Å². The number of aryl methyl sites for hydroxylation is 1. The molecule has 0 N–H and O–H groups in total. The van der Waals surface area contributed by atoms with E-state index in [1.165, 1.54) is 11.8 Å². The number of Topliss-reactive ketones (excluding diaryl/α,β-unsaturated/α-hetero) is 1. The van der Waals surface area contributed by atoms with E-state index in [4.69, 9.17) is 4.74 Å². The molecule has 8 heteroatoms. The van der Waals surface area contributed by atoms with Gasteiger partial charge in [-0.15, -0.1) is 10.2 Å². The van der Waals surface area contributed by atoms with Crippen LogP contribution in [0.2, 0.25) is 0 Å². The molecule has 3 heterocycles. The van der Waals surface area contributed by atoms with Crippen LogP contribution >= 0.6 is 11.8 Å². The molecule has 0 aliphatic carbocycles. The molecule has 0 saturated carbocycles. The Hall–Kier alpha value is -3.39. The molecule has 31 heavy (non-hydrogen) atoms. The van der Waals surface area contributed by atoms with Crippen LogP contribution in [0, 0.1) is 13.8 Å². The molecule has 158 valence electrons. The number of methoxy groups -OCH3 is 1. The van der Waals surface area contributed by atoms with Gasteiger partial charge in [-0.1, -0.05) is 17.8 Å². The molecular weight excluding hydrogens is 410 g/mol. The van der Waals surface area contributed by atoms with Crippen LogP contribution in [-0.2, 0) is 7.05 Å². The van der Waals surface area contributed by atoms with E-state index in [0.29, 0.717) is 10.7 Å². The van der Waals surface area contributed by atoms with Gasteiger partial charge in [0, 0.05) is 53.7 Å². The fourth-order valence-electron chi connectivity index (χ4n) is 3.59. The summed E-state index contributed by atoms with van der Waals surface area (Å²) < 4.78 is 9.31. The first kappa shape index (κ1) is 20.9. The third-order valence-electron chi connectivity index (χ3n) is 5.15. The standard InChI is InChI=1S/C23H23N5O2S/c1-15-12-20(16(2)28(15)18-6-5-7-19(13-18)30-4)21(29)14-31-23-26-25-22(27(23)3)17-8-10-24-11-9-17/h5-13H,14H2,1-4H3. The molecule has 4 aromatic rings. The summed E-state index contributed by atoms with van der Waals surface area (Å²) in [5.74, 6) is 1.86. The van der Waals surface area contributed by atoms with Crippen molar-refractivity contribution in [1.82, 2.24) is 24.3 Å². The fourth-order valence-corrected chi connectivity index (χ4v) is 4.39. The number of thioether (sulfide) groups is 1. The molecule has 0 aliphatic rings. The summed E-state index contributed by atoms with van der Waals surface area (Å²) in [5.41, 5.74) is 4.52. The highest BCUT2D eigenvalue weighted by molar-refractivity contribution is 7.99. The van der Waals surface area contributed by atoms with Crippen LogP contribution in [0.4, 0.5) is 0 Å². The minimum absolute atomic E-state index is 0.0562. The predicted octanol–water partition coefficient (Wildman–Crippen LogP) is 4.27. The SMILES string of the molecule is COc1cccc(-n2c(C)cc(C(=O)CSc3nnc(-c4ccncc4)n3C)c2C)c1. The topological polar surface area (TPSA) is 74.8 Å². The zero-order valence-corrected chi connectivity index (χ0v) is 18.7. The molecular formula is C23H23N5O2S. The number of benzene rings is 1. The van der Waals surface area contributed by atoms with Gasteiger partial charge in [0.2, 0.25) is 0 Å². The van der Waals surface area contributed by atoms with Gasteiger partial charge in [-0.2, -0.15) is 0 Å². The van der Waals surface area contributed by atoms with Gasteiger partial charge in [0.05, 0.1) is 12.9 Å². The average molecular weight is 434 g/mol. The van der Waals surface area contributed by atoms with Crippen LogP contribution in [0.1, 0.15) is 21.7 Å². The van der Waals surface area contributed by atoms with E-state index in [0.717, 1.165) is 34.2 Å². The van der Waals surface area contributed by atoms with Gasteiger partial charge in [0.15, 0.2) is 16.8 Å². The molecule has 0 saturated heterocycles. The number of ketones is 1. The van der Waals surface area contributed by atoms with Crippen LogP contribution in [0.3, 0.4) is 0 Å². The van der Waals surface area contributed by atoms with Crippen LogP contribution in [-0.4, -0.2) is 43.0 Å². The molecule has 0 aliphatic heterocycles. The number of carbonyl (C=O) groups excluding carboxylic acids is 1. The number of ether oxygens (including phenoxy) is 1. The number of hydrogen-bond acceptors (Lipinski definition) is 6. The number of aromatic nitrogens is 5. The molecule has 0 radical (unpaired) electrons. The second kappa shape index (κ2) is 8.77. The zero-order chi connectivity index (χ0) is 22.0. The van der Waals surface area contributed by atoms with Crippen molar-refractivity contribution in [3.8, 4) is 22.8 Å². The summed E-state index contributed by atoms with van der Waals surface area (Å²) in [6.45, 7) is 3.97. The van der Waals surface area contributed by atoms with Gasteiger partial charge in [0.25, 0.3) is 0 Å². The molecule has 0 bridgehead atoms. The number of pyridine rings is 1. The lowest BCUT2D eigenvalue weighted by molar-refractivity contribution is 0.102. The Kier molecular flexibility index (Phi) is 5.90. The first-order valence-corrected chi connectivity index (χ1v) is 10.8. The molecule has 0 spiro atoms. The number of hydrogen-bond donors (Lipinski definition) is 0. The van der Waals surface area contributed by atoms with E-state index in [1.54, 1.807) is 19.5 Å². The summed E-state index contributed by atoms with van der Waals surface area (Å²) >= 11 is 1.39. The van der Waals surface area contributed by atoms with Crippen molar-refractivity contribution in [3.63, 3.8) is 0 Å². The van der Waals surface area contributed by atoms with Crippen molar-refractivity contribution in [2.24, 2.45) is 7.05 Å². The average Bonchev–Trinajstić information content (AvgIpc) is 3.31. The molecule has 1 aromatic carbocycles. The highest BCUT2D eigenvalue weighted by atomic mass is 32.2. The maximum atomic E-state index is 13.0. The van der Waals surface area contributed by atoms with E-state index in [2.05, 4.69) is 19.7 Å². The second-order valence-corrected chi connectivity index (χ2v) is 8.08. The lowest BCUT2D eigenvalue weighted by Crippen LogP contribution is -2.06. The minimum atomic E-state index is 0.0562. The van der Waals surface area contributed by atoms with E-state index >= 15 is 0 Å². The molecule has 0 amide bonds. The molecule has 4 rings (SSSR count). The van der Waals surface area contributed by atoms with Crippen LogP contribution in [0.25, 0.3) is 17.1 Å². The minimum Gasteiger partial charge on any atom is -0.497 e. The molecule has 0 unspecified atom stereocenters. The summed E-state index contributed by atoms with van der Waals surface area (Å²) in [6.07, 6.45) is 3.44. The Morgan fingerprint density at radius 2 is 1.87 bits per heavy atom. The van der Waals surface area contributed by atoms with Gasteiger partial charge in [0.1, 0.15) is 5.75 Å². The lowest BCUT2D eigenvalue weighted by Gasteiger charge is -2.11. The summed E-state index contributed by atoms with van der Waals surface area (Å²) in [7, 11) is 3.55. The highest BCUT2D eigenvalue weighted by Crippen LogP contribution is 2.27.